The van der Waals surface area contributed by atoms with Gasteiger partial charge in [0.25, 0.3) is 0 Å². The summed E-state index contributed by atoms with van der Waals surface area (Å²) in [5, 5.41) is 10.3. The van der Waals surface area contributed by atoms with Crippen LogP contribution in [0.2, 0.25) is 0 Å². The molecule has 1 aliphatic heterocycles. The fourth-order valence-electron chi connectivity index (χ4n) is 2.60. The molecular formula is C15H27NO4. The van der Waals surface area contributed by atoms with Gasteiger partial charge in [-0.15, -0.1) is 6.58 Å². The number of aliphatic hydroxyl groups excluding tert-OH is 1. The number of amides is 1. The van der Waals surface area contributed by atoms with Crippen molar-refractivity contribution in [2.24, 2.45) is 0 Å². The minimum atomic E-state index is -0.811. The average molecular weight is 285 g/mol. The molecule has 1 fully saturated rings. The third-order valence-electron chi connectivity index (χ3n) is 3.23. The van der Waals surface area contributed by atoms with Gasteiger partial charge in [-0.2, -0.15) is 0 Å². The molecule has 1 amide bonds. The molecule has 1 saturated heterocycles. The monoisotopic (exact) mass is 285 g/mol. The van der Waals surface area contributed by atoms with Crippen LogP contribution < -0.4 is 0 Å². The molecule has 0 radical (unpaired) electrons. The van der Waals surface area contributed by atoms with Crippen LogP contribution in [0.3, 0.4) is 0 Å². The Morgan fingerprint density at radius 1 is 1.55 bits per heavy atom. The van der Waals surface area contributed by atoms with Gasteiger partial charge in [0.05, 0.1) is 18.2 Å². The van der Waals surface area contributed by atoms with Crippen LogP contribution in [0.1, 0.15) is 48.0 Å². The van der Waals surface area contributed by atoms with Crippen LogP contribution in [0.25, 0.3) is 0 Å². The van der Waals surface area contributed by atoms with Crippen molar-refractivity contribution >= 4 is 6.09 Å². The molecule has 1 aliphatic rings. The summed E-state index contributed by atoms with van der Waals surface area (Å²) in [6.07, 6.45) is 0.563. The van der Waals surface area contributed by atoms with E-state index in [9.17, 15) is 9.90 Å². The largest absolute Gasteiger partial charge is 0.444 e. The van der Waals surface area contributed by atoms with Gasteiger partial charge in [0.2, 0.25) is 0 Å². The van der Waals surface area contributed by atoms with Gasteiger partial charge in [-0.25, -0.2) is 4.79 Å². The Morgan fingerprint density at radius 3 is 2.55 bits per heavy atom. The van der Waals surface area contributed by atoms with Crippen LogP contribution in [0.15, 0.2) is 12.7 Å². The number of rotatable bonds is 3. The molecule has 116 valence electrons. The van der Waals surface area contributed by atoms with Crippen molar-refractivity contribution in [3.05, 3.63) is 12.7 Å². The van der Waals surface area contributed by atoms with Crippen LogP contribution >= 0.6 is 0 Å². The fraction of sp³-hybridized carbons (Fsp3) is 0.800. The molecule has 0 aromatic carbocycles. The van der Waals surface area contributed by atoms with Gasteiger partial charge in [0.1, 0.15) is 11.3 Å². The van der Waals surface area contributed by atoms with E-state index in [4.69, 9.17) is 9.47 Å². The van der Waals surface area contributed by atoms with Gasteiger partial charge in [-0.1, -0.05) is 6.08 Å². The van der Waals surface area contributed by atoms with Crippen LogP contribution in [0.5, 0.6) is 0 Å². The number of hydrogen-bond donors (Lipinski definition) is 1. The molecule has 1 heterocycles. The summed E-state index contributed by atoms with van der Waals surface area (Å²) in [4.78, 5) is 13.9. The molecule has 3 atom stereocenters. The van der Waals surface area contributed by atoms with Crippen LogP contribution in [0.4, 0.5) is 4.79 Å². The van der Waals surface area contributed by atoms with Gasteiger partial charge >= 0.3 is 6.09 Å². The molecule has 0 bridgehead atoms. The van der Waals surface area contributed by atoms with Gasteiger partial charge in [0.15, 0.2) is 0 Å². The summed E-state index contributed by atoms with van der Waals surface area (Å²) in [7, 11) is 0. The summed E-state index contributed by atoms with van der Waals surface area (Å²) >= 11 is 0. The lowest BCUT2D eigenvalue weighted by atomic mass is 10.0. The normalized spacial score (nSPS) is 27.2. The van der Waals surface area contributed by atoms with Crippen molar-refractivity contribution in [3.8, 4) is 0 Å². The predicted molar refractivity (Wildman–Crippen MR) is 77.3 cm³/mol. The minimum Gasteiger partial charge on any atom is -0.444 e. The van der Waals surface area contributed by atoms with E-state index in [-0.39, 0.29) is 6.10 Å². The lowest BCUT2D eigenvalue weighted by molar-refractivity contribution is -0.0774. The van der Waals surface area contributed by atoms with E-state index in [1.165, 1.54) is 4.90 Å². The molecule has 0 spiro atoms. The van der Waals surface area contributed by atoms with E-state index in [1.807, 2.05) is 27.7 Å². The Kier molecular flexibility index (Phi) is 4.87. The maximum absolute atomic E-state index is 12.4. The first-order valence-electron chi connectivity index (χ1n) is 6.98. The quantitative estimate of drug-likeness (QED) is 0.810. The first-order valence-corrected chi connectivity index (χ1v) is 6.98. The Balaban J connectivity index is 3.02. The number of carbonyl (C=O) groups excluding carboxylic acids is 1. The molecule has 0 aromatic heterocycles. The molecule has 0 aliphatic carbocycles. The Morgan fingerprint density at radius 2 is 2.10 bits per heavy atom. The highest BCUT2D eigenvalue weighted by atomic mass is 16.6. The van der Waals surface area contributed by atoms with Crippen molar-refractivity contribution in [3.63, 3.8) is 0 Å². The van der Waals surface area contributed by atoms with E-state index in [0.717, 1.165) is 0 Å². The van der Waals surface area contributed by atoms with E-state index in [1.54, 1.807) is 19.9 Å². The van der Waals surface area contributed by atoms with Crippen LogP contribution in [0, 0.1) is 0 Å². The highest BCUT2D eigenvalue weighted by Gasteiger charge is 2.51. The van der Waals surface area contributed by atoms with Gasteiger partial charge < -0.3 is 14.6 Å². The smallest absolute Gasteiger partial charge is 0.413 e. The summed E-state index contributed by atoms with van der Waals surface area (Å²) in [6, 6.07) is -0.446. The fourth-order valence-corrected chi connectivity index (χ4v) is 2.60. The highest BCUT2D eigenvalue weighted by molar-refractivity contribution is 5.70. The van der Waals surface area contributed by atoms with Gasteiger partial charge in [-0.05, 0) is 48.0 Å². The topological polar surface area (TPSA) is 59.0 Å². The number of carbonyl (C=O) groups is 1. The van der Waals surface area contributed by atoms with Crippen molar-refractivity contribution in [2.75, 3.05) is 0 Å². The van der Waals surface area contributed by atoms with Crippen molar-refractivity contribution < 1.29 is 19.4 Å². The molecule has 1 rings (SSSR count). The third kappa shape index (κ3) is 3.73. The van der Waals surface area contributed by atoms with Gasteiger partial charge in [0, 0.05) is 0 Å². The molecule has 0 saturated carbocycles. The second-order valence-corrected chi connectivity index (χ2v) is 6.70. The molecule has 0 aromatic rings. The zero-order valence-electron chi connectivity index (χ0n) is 13.3. The second kappa shape index (κ2) is 5.74. The van der Waals surface area contributed by atoms with Crippen molar-refractivity contribution in [2.45, 2.75) is 77.5 Å². The molecular weight excluding hydrogens is 258 g/mol. The number of ether oxygens (including phenoxy) is 2. The minimum absolute atomic E-state index is 0.271. The lowest BCUT2D eigenvalue weighted by Gasteiger charge is -2.36. The maximum atomic E-state index is 12.4. The molecule has 5 nitrogen and oxygen atoms in total. The zero-order valence-corrected chi connectivity index (χ0v) is 13.3. The summed E-state index contributed by atoms with van der Waals surface area (Å²) in [5.41, 5.74) is -1.40. The SMILES string of the molecule is C=CC[C@H](O)[C@H]1[C@H](C)OC(C)(C)N1C(=O)OC(C)(C)C. The van der Waals surface area contributed by atoms with E-state index in [2.05, 4.69) is 6.58 Å². The summed E-state index contributed by atoms with van der Waals surface area (Å²) in [6.45, 7) is 14.5. The van der Waals surface area contributed by atoms with E-state index < -0.39 is 29.6 Å². The van der Waals surface area contributed by atoms with Crippen molar-refractivity contribution in [1.82, 2.24) is 4.90 Å². The Bertz CT molecular complexity index is 373. The number of nitrogens with zero attached hydrogens (tertiary/aromatic N) is 1. The predicted octanol–water partition coefficient (Wildman–Crippen LogP) is 2.68. The zero-order chi connectivity index (χ0) is 15.7. The summed E-state index contributed by atoms with van der Waals surface area (Å²) < 4.78 is 11.2. The van der Waals surface area contributed by atoms with Crippen LogP contribution in [-0.4, -0.2) is 45.7 Å². The van der Waals surface area contributed by atoms with Crippen molar-refractivity contribution in [1.29, 1.82) is 0 Å². The number of aliphatic hydroxyl groups is 1. The van der Waals surface area contributed by atoms with E-state index >= 15 is 0 Å². The molecule has 0 unspecified atom stereocenters. The Hall–Kier alpha value is -1.07. The molecule has 5 heteroatoms. The maximum Gasteiger partial charge on any atom is 0.413 e. The average Bonchev–Trinajstić information content (AvgIpc) is 2.45. The number of hydrogen-bond acceptors (Lipinski definition) is 4. The second-order valence-electron chi connectivity index (χ2n) is 6.70. The Labute approximate surface area is 121 Å². The van der Waals surface area contributed by atoms with Gasteiger partial charge in [-0.3, -0.25) is 4.90 Å². The first kappa shape index (κ1) is 17.0. The standard InChI is InChI=1S/C15H27NO4/c1-8-9-11(17)12-10(2)19-15(6,7)16(12)13(18)20-14(3,4)5/h8,10-12,17H,1,9H2,2-7H3/t10-,11-,12+/m0/s1. The molecule has 20 heavy (non-hydrogen) atoms. The van der Waals surface area contributed by atoms with Crippen LogP contribution in [-0.2, 0) is 9.47 Å². The van der Waals surface area contributed by atoms with E-state index in [0.29, 0.717) is 6.42 Å². The highest BCUT2D eigenvalue weighted by Crippen LogP contribution is 2.35. The third-order valence-corrected chi connectivity index (χ3v) is 3.23. The summed E-state index contributed by atoms with van der Waals surface area (Å²) in [5.74, 6) is 0. The molecule has 1 N–H and O–H groups in total. The lowest BCUT2D eigenvalue weighted by Crippen LogP contribution is -2.54. The first-order chi connectivity index (χ1) is 8.99.